The fourth-order valence-electron chi connectivity index (χ4n) is 3.13. The van der Waals surface area contributed by atoms with Gasteiger partial charge in [-0.1, -0.05) is 18.2 Å². The lowest BCUT2D eigenvalue weighted by molar-refractivity contribution is -0.0248. The number of rotatable bonds is 4. The van der Waals surface area contributed by atoms with Crippen LogP contribution in [0.25, 0.3) is 10.9 Å². The van der Waals surface area contributed by atoms with Crippen molar-refractivity contribution in [3.05, 3.63) is 54.2 Å². The molecule has 0 radical (unpaired) electrons. The van der Waals surface area contributed by atoms with Gasteiger partial charge in [-0.2, -0.15) is 5.10 Å². The van der Waals surface area contributed by atoms with Crippen LogP contribution in [0.2, 0.25) is 0 Å². The molecule has 1 fully saturated rings. The Hall–Kier alpha value is -2.80. The third-order valence-corrected chi connectivity index (χ3v) is 4.46. The van der Waals surface area contributed by atoms with Crippen LogP contribution in [-0.4, -0.2) is 56.8 Å². The van der Waals surface area contributed by atoms with Gasteiger partial charge in [-0.15, -0.1) is 0 Å². The van der Waals surface area contributed by atoms with Crippen LogP contribution in [0.4, 0.5) is 0 Å². The summed E-state index contributed by atoms with van der Waals surface area (Å²) in [5.41, 5.74) is 2.34. The van der Waals surface area contributed by atoms with E-state index in [1.807, 2.05) is 35.2 Å². The molecule has 7 heteroatoms. The third-order valence-electron chi connectivity index (χ3n) is 4.46. The number of aromatic amines is 1. The molecule has 3 aromatic rings. The zero-order valence-corrected chi connectivity index (χ0v) is 13.8. The molecular weight excluding hydrogens is 318 g/mol. The first kappa shape index (κ1) is 15.7. The molecular formula is C18H19N5O2. The van der Waals surface area contributed by atoms with Crippen molar-refractivity contribution in [2.45, 2.75) is 18.9 Å². The summed E-state index contributed by atoms with van der Waals surface area (Å²) in [4.78, 5) is 22.8. The number of ether oxygens (including phenoxy) is 1. The average Bonchev–Trinajstić information content (AvgIpc) is 3.11. The molecule has 3 heterocycles. The number of aromatic nitrogens is 4. The Morgan fingerprint density at radius 2 is 2.24 bits per heavy atom. The van der Waals surface area contributed by atoms with Gasteiger partial charge in [0.25, 0.3) is 5.91 Å². The van der Waals surface area contributed by atoms with Gasteiger partial charge in [0.2, 0.25) is 0 Å². The molecule has 25 heavy (non-hydrogen) atoms. The Morgan fingerprint density at radius 1 is 1.32 bits per heavy atom. The number of para-hydroxylation sites is 1. The first-order valence-corrected chi connectivity index (χ1v) is 8.40. The number of nitrogens with zero attached hydrogens (tertiary/aromatic N) is 4. The highest BCUT2D eigenvalue weighted by atomic mass is 16.5. The summed E-state index contributed by atoms with van der Waals surface area (Å²) in [6.07, 6.45) is 4.93. The molecule has 0 saturated carbocycles. The molecule has 0 unspecified atom stereocenters. The SMILES string of the molecule is O=C(c1n[nH]c2ccccc12)N1CCO[C@@H](CCc2ccncn2)C1. The largest absolute Gasteiger partial charge is 0.375 e. The van der Waals surface area contributed by atoms with E-state index in [4.69, 9.17) is 4.74 Å². The van der Waals surface area contributed by atoms with Crippen LogP contribution >= 0.6 is 0 Å². The fraction of sp³-hybridized carbons (Fsp3) is 0.333. The second-order valence-corrected chi connectivity index (χ2v) is 6.10. The van der Waals surface area contributed by atoms with E-state index in [0.717, 1.165) is 29.4 Å². The number of nitrogens with one attached hydrogen (secondary N) is 1. The van der Waals surface area contributed by atoms with Gasteiger partial charge >= 0.3 is 0 Å². The van der Waals surface area contributed by atoms with Crippen LogP contribution < -0.4 is 0 Å². The summed E-state index contributed by atoms with van der Waals surface area (Å²) >= 11 is 0. The molecule has 1 aliphatic heterocycles. The first-order chi connectivity index (χ1) is 12.3. The van der Waals surface area contributed by atoms with Gasteiger partial charge in [-0.3, -0.25) is 9.89 Å². The van der Waals surface area contributed by atoms with Gasteiger partial charge in [0.05, 0.1) is 18.2 Å². The number of carbonyl (C=O) groups excluding carboxylic acids is 1. The summed E-state index contributed by atoms with van der Waals surface area (Å²) in [5, 5.41) is 8.00. The molecule has 0 bridgehead atoms. The Morgan fingerprint density at radius 3 is 3.12 bits per heavy atom. The maximum absolute atomic E-state index is 12.9. The van der Waals surface area contributed by atoms with E-state index < -0.39 is 0 Å². The molecule has 2 aromatic heterocycles. The van der Waals surface area contributed by atoms with Crippen molar-refractivity contribution in [1.29, 1.82) is 0 Å². The number of morpholine rings is 1. The van der Waals surface area contributed by atoms with E-state index >= 15 is 0 Å². The fourth-order valence-corrected chi connectivity index (χ4v) is 3.13. The topological polar surface area (TPSA) is 84.0 Å². The van der Waals surface area contributed by atoms with Gasteiger partial charge in [0.15, 0.2) is 5.69 Å². The highest BCUT2D eigenvalue weighted by Crippen LogP contribution is 2.19. The van der Waals surface area contributed by atoms with Crippen LogP contribution in [0, 0.1) is 0 Å². The average molecular weight is 337 g/mol. The summed E-state index contributed by atoms with van der Waals surface area (Å²) in [6.45, 7) is 1.71. The minimum absolute atomic E-state index is 0.0119. The number of fused-ring (bicyclic) bond motifs is 1. The Bertz CT molecular complexity index is 864. The van der Waals surface area contributed by atoms with E-state index in [9.17, 15) is 4.79 Å². The predicted octanol–water partition coefficient (Wildman–Crippen LogP) is 1.83. The minimum atomic E-state index is -0.0483. The highest BCUT2D eigenvalue weighted by molar-refractivity contribution is 6.04. The van der Waals surface area contributed by atoms with E-state index in [1.165, 1.54) is 0 Å². The minimum Gasteiger partial charge on any atom is -0.375 e. The summed E-state index contributed by atoms with van der Waals surface area (Å²) in [7, 11) is 0. The molecule has 4 rings (SSSR count). The number of hydrogen-bond donors (Lipinski definition) is 1. The number of H-pyrrole nitrogens is 1. The molecule has 128 valence electrons. The molecule has 1 aliphatic rings. The molecule has 1 aromatic carbocycles. The summed E-state index contributed by atoms with van der Waals surface area (Å²) in [5.74, 6) is -0.0483. The number of carbonyl (C=O) groups is 1. The molecule has 1 N–H and O–H groups in total. The van der Waals surface area contributed by atoms with Crippen molar-refractivity contribution < 1.29 is 9.53 Å². The summed E-state index contributed by atoms with van der Waals surface area (Å²) in [6, 6.07) is 9.58. The van der Waals surface area contributed by atoms with Gasteiger partial charge in [-0.05, 0) is 25.0 Å². The number of aryl methyl sites for hydroxylation is 1. The maximum Gasteiger partial charge on any atom is 0.275 e. The maximum atomic E-state index is 12.9. The molecule has 0 aliphatic carbocycles. The van der Waals surface area contributed by atoms with Crippen LogP contribution in [0.15, 0.2) is 42.9 Å². The van der Waals surface area contributed by atoms with Gasteiger partial charge < -0.3 is 9.64 Å². The lowest BCUT2D eigenvalue weighted by Gasteiger charge is -2.32. The second kappa shape index (κ2) is 6.98. The van der Waals surface area contributed by atoms with Gasteiger partial charge in [-0.25, -0.2) is 9.97 Å². The molecule has 7 nitrogen and oxygen atoms in total. The van der Waals surface area contributed by atoms with Gasteiger partial charge in [0, 0.05) is 30.4 Å². The van der Waals surface area contributed by atoms with E-state index in [-0.39, 0.29) is 12.0 Å². The van der Waals surface area contributed by atoms with Gasteiger partial charge in [0.1, 0.15) is 6.33 Å². The van der Waals surface area contributed by atoms with E-state index in [1.54, 1.807) is 12.5 Å². The monoisotopic (exact) mass is 337 g/mol. The molecule has 1 atom stereocenters. The lowest BCUT2D eigenvalue weighted by atomic mass is 10.1. The Balaban J connectivity index is 1.43. The number of hydrogen-bond acceptors (Lipinski definition) is 5. The zero-order chi connectivity index (χ0) is 17.1. The Labute approximate surface area is 145 Å². The van der Waals surface area contributed by atoms with Crippen LogP contribution in [0.5, 0.6) is 0 Å². The van der Waals surface area contributed by atoms with Crippen molar-refractivity contribution in [3.63, 3.8) is 0 Å². The van der Waals surface area contributed by atoms with Crippen molar-refractivity contribution in [2.24, 2.45) is 0 Å². The number of amides is 1. The second-order valence-electron chi connectivity index (χ2n) is 6.10. The predicted molar refractivity (Wildman–Crippen MR) is 92.1 cm³/mol. The van der Waals surface area contributed by atoms with Crippen molar-refractivity contribution >= 4 is 16.8 Å². The number of benzene rings is 1. The van der Waals surface area contributed by atoms with Crippen LogP contribution in [0.3, 0.4) is 0 Å². The van der Waals surface area contributed by atoms with Crippen LogP contribution in [-0.2, 0) is 11.2 Å². The smallest absolute Gasteiger partial charge is 0.275 e. The third kappa shape index (κ3) is 3.36. The van der Waals surface area contributed by atoms with Crippen molar-refractivity contribution in [1.82, 2.24) is 25.1 Å². The first-order valence-electron chi connectivity index (χ1n) is 8.40. The molecule has 1 amide bonds. The van der Waals surface area contributed by atoms with E-state index in [0.29, 0.717) is 25.4 Å². The van der Waals surface area contributed by atoms with Crippen molar-refractivity contribution in [2.75, 3.05) is 19.7 Å². The standard InChI is InChI=1S/C18H19N5O2/c24-18(17-15-3-1-2-4-16(15)21-22-17)23-9-10-25-14(11-23)6-5-13-7-8-19-12-20-13/h1-4,7-8,12,14H,5-6,9-11H2,(H,21,22)/t14-/m0/s1. The highest BCUT2D eigenvalue weighted by Gasteiger charge is 2.27. The normalized spacial score (nSPS) is 17.8. The molecule has 0 spiro atoms. The van der Waals surface area contributed by atoms with Crippen molar-refractivity contribution in [3.8, 4) is 0 Å². The van der Waals surface area contributed by atoms with Crippen LogP contribution in [0.1, 0.15) is 22.6 Å². The Kier molecular flexibility index (Phi) is 4.39. The zero-order valence-electron chi connectivity index (χ0n) is 13.8. The lowest BCUT2D eigenvalue weighted by Crippen LogP contribution is -2.46. The van der Waals surface area contributed by atoms with E-state index in [2.05, 4.69) is 20.2 Å². The molecule has 1 saturated heterocycles. The summed E-state index contributed by atoms with van der Waals surface area (Å²) < 4.78 is 5.82. The quantitative estimate of drug-likeness (QED) is 0.785.